The van der Waals surface area contributed by atoms with Crippen molar-refractivity contribution in [2.75, 3.05) is 11.1 Å². The van der Waals surface area contributed by atoms with Crippen LogP contribution in [0.15, 0.2) is 72.9 Å². The number of pyridine rings is 1. The molecule has 0 amide bonds. The predicted octanol–water partition coefficient (Wildman–Crippen LogP) is 4.67. The van der Waals surface area contributed by atoms with Crippen molar-refractivity contribution in [2.45, 2.75) is 0 Å². The Labute approximate surface area is 171 Å². The number of nitrogen functional groups attached to an aromatic ring is 1. The van der Waals surface area contributed by atoms with Gasteiger partial charge in [0.1, 0.15) is 23.3 Å². The minimum atomic E-state index is -0.583. The fraction of sp³-hybridized carbons (Fsp3) is 0. The molecule has 0 aliphatic heterocycles. The number of benzene rings is 2. The lowest BCUT2D eigenvalue weighted by Crippen LogP contribution is -2.02. The normalized spacial score (nSPS) is 10.3. The number of hydrogen-bond acceptors (Lipinski definition) is 7. The molecule has 0 radical (unpaired) electrons. The van der Waals surface area contributed by atoms with E-state index in [-0.39, 0.29) is 17.4 Å². The zero-order valence-electron chi connectivity index (χ0n) is 15.6. The van der Waals surface area contributed by atoms with Crippen LogP contribution in [0, 0.1) is 17.1 Å². The average Bonchev–Trinajstić information content (AvgIpc) is 2.76. The molecule has 146 valence electrons. The standard InChI is InChI=1S/C22H15FN6O/c23-18-11-15(6-7-20(18)30-17-8-9-26-16(10-17)13-24)27-21-12-19(28-22(25)29-21)14-4-2-1-3-5-14/h1-12H,(H3,25,27,28,29). The number of ether oxygens (including phenoxy) is 1. The van der Waals surface area contributed by atoms with E-state index in [0.29, 0.717) is 22.9 Å². The predicted molar refractivity (Wildman–Crippen MR) is 111 cm³/mol. The molecule has 4 aromatic rings. The Morgan fingerprint density at radius 3 is 2.60 bits per heavy atom. The Hall–Kier alpha value is -4.51. The summed E-state index contributed by atoms with van der Waals surface area (Å²) in [5, 5.41) is 11.9. The van der Waals surface area contributed by atoms with E-state index in [1.807, 2.05) is 36.4 Å². The largest absolute Gasteiger partial charge is 0.454 e. The van der Waals surface area contributed by atoms with E-state index in [2.05, 4.69) is 20.3 Å². The Kier molecular flexibility index (Phi) is 5.17. The highest BCUT2D eigenvalue weighted by atomic mass is 19.1. The summed E-state index contributed by atoms with van der Waals surface area (Å²) in [4.78, 5) is 12.3. The second-order valence-corrected chi connectivity index (χ2v) is 6.22. The van der Waals surface area contributed by atoms with E-state index in [1.54, 1.807) is 18.2 Å². The van der Waals surface area contributed by atoms with Crippen LogP contribution < -0.4 is 15.8 Å². The fourth-order valence-electron chi connectivity index (χ4n) is 2.76. The van der Waals surface area contributed by atoms with Crippen LogP contribution in [0.25, 0.3) is 11.3 Å². The number of nitrogens with zero attached hydrogens (tertiary/aromatic N) is 4. The first-order valence-electron chi connectivity index (χ1n) is 8.91. The average molecular weight is 398 g/mol. The molecule has 0 spiro atoms. The number of anilines is 3. The number of halogens is 1. The molecular formula is C22H15FN6O. The zero-order chi connectivity index (χ0) is 20.9. The highest BCUT2D eigenvalue weighted by molar-refractivity contribution is 5.67. The maximum Gasteiger partial charge on any atom is 0.222 e. The van der Waals surface area contributed by atoms with E-state index in [0.717, 1.165) is 5.56 Å². The molecule has 2 aromatic carbocycles. The van der Waals surface area contributed by atoms with Crippen LogP contribution in [0.5, 0.6) is 11.5 Å². The van der Waals surface area contributed by atoms with Crippen LogP contribution in [0.3, 0.4) is 0 Å². The highest BCUT2D eigenvalue weighted by Crippen LogP contribution is 2.29. The Morgan fingerprint density at radius 2 is 1.83 bits per heavy atom. The summed E-state index contributed by atoms with van der Waals surface area (Å²) in [6.07, 6.45) is 1.42. The van der Waals surface area contributed by atoms with E-state index < -0.39 is 5.82 Å². The molecule has 0 bridgehead atoms. The van der Waals surface area contributed by atoms with Crippen LogP contribution in [-0.2, 0) is 0 Å². The number of nitrogens with one attached hydrogen (secondary N) is 1. The summed E-state index contributed by atoms with van der Waals surface area (Å²) in [6, 6.07) is 20.5. The number of hydrogen-bond donors (Lipinski definition) is 2. The second-order valence-electron chi connectivity index (χ2n) is 6.22. The first-order chi connectivity index (χ1) is 14.6. The third-order valence-electron chi connectivity index (χ3n) is 4.09. The Morgan fingerprint density at radius 1 is 1.00 bits per heavy atom. The van der Waals surface area contributed by atoms with Crippen molar-refractivity contribution in [3.63, 3.8) is 0 Å². The van der Waals surface area contributed by atoms with Crippen LogP contribution in [0.4, 0.5) is 21.8 Å². The summed E-state index contributed by atoms with van der Waals surface area (Å²) in [5.74, 6) is 0.285. The van der Waals surface area contributed by atoms with Crippen molar-refractivity contribution in [3.8, 4) is 28.8 Å². The molecule has 8 heteroatoms. The van der Waals surface area contributed by atoms with Crippen LogP contribution in [-0.4, -0.2) is 15.0 Å². The van der Waals surface area contributed by atoms with Crippen molar-refractivity contribution in [1.82, 2.24) is 15.0 Å². The molecule has 0 saturated heterocycles. The van der Waals surface area contributed by atoms with Gasteiger partial charge in [-0.05, 0) is 18.2 Å². The van der Waals surface area contributed by atoms with E-state index >= 15 is 0 Å². The molecule has 0 unspecified atom stereocenters. The maximum absolute atomic E-state index is 14.5. The van der Waals surface area contributed by atoms with Crippen molar-refractivity contribution < 1.29 is 9.13 Å². The summed E-state index contributed by atoms with van der Waals surface area (Å²) in [5.41, 5.74) is 8.01. The molecular weight excluding hydrogens is 383 g/mol. The molecule has 2 aromatic heterocycles. The van der Waals surface area contributed by atoms with Crippen molar-refractivity contribution >= 4 is 17.5 Å². The van der Waals surface area contributed by atoms with Gasteiger partial charge in [0, 0.05) is 35.6 Å². The Balaban J connectivity index is 1.55. The molecule has 2 heterocycles. The van der Waals surface area contributed by atoms with E-state index in [1.165, 1.54) is 24.4 Å². The summed E-state index contributed by atoms with van der Waals surface area (Å²) in [7, 11) is 0. The number of aromatic nitrogens is 3. The first kappa shape index (κ1) is 18.8. The molecule has 0 aliphatic carbocycles. The van der Waals surface area contributed by atoms with Crippen LogP contribution in [0.2, 0.25) is 0 Å². The zero-order valence-corrected chi connectivity index (χ0v) is 15.6. The third kappa shape index (κ3) is 4.31. The second kappa shape index (κ2) is 8.24. The lowest BCUT2D eigenvalue weighted by molar-refractivity contribution is 0.442. The summed E-state index contributed by atoms with van der Waals surface area (Å²) < 4.78 is 20.1. The monoisotopic (exact) mass is 398 g/mol. The molecule has 0 atom stereocenters. The fourth-order valence-corrected chi connectivity index (χ4v) is 2.76. The topological polar surface area (TPSA) is 110 Å². The van der Waals surface area contributed by atoms with Gasteiger partial charge in [0.2, 0.25) is 5.95 Å². The van der Waals surface area contributed by atoms with Crippen LogP contribution >= 0.6 is 0 Å². The molecule has 0 aliphatic rings. The SMILES string of the molecule is N#Cc1cc(Oc2ccc(Nc3cc(-c4ccccc4)nc(N)n3)cc2F)ccn1. The van der Waals surface area contributed by atoms with Gasteiger partial charge in [-0.2, -0.15) is 10.2 Å². The van der Waals surface area contributed by atoms with Crippen molar-refractivity contribution in [1.29, 1.82) is 5.26 Å². The number of rotatable bonds is 5. The smallest absolute Gasteiger partial charge is 0.222 e. The lowest BCUT2D eigenvalue weighted by Gasteiger charge is -2.11. The van der Waals surface area contributed by atoms with Crippen molar-refractivity contribution in [3.05, 3.63) is 84.4 Å². The quantitative estimate of drug-likeness (QED) is 0.503. The molecule has 3 N–H and O–H groups in total. The molecule has 30 heavy (non-hydrogen) atoms. The van der Waals surface area contributed by atoms with Gasteiger partial charge in [-0.25, -0.2) is 14.4 Å². The number of nitrogens with two attached hydrogens (primary N) is 1. The lowest BCUT2D eigenvalue weighted by atomic mass is 10.1. The minimum absolute atomic E-state index is 0.0165. The maximum atomic E-state index is 14.5. The van der Waals surface area contributed by atoms with E-state index in [9.17, 15) is 4.39 Å². The minimum Gasteiger partial charge on any atom is -0.454 e. The van der Waals surface area contributed by atoms with Gasteiger partial charge < -0.3 is 15.8 Å². The van der Waals surface area contributed by atoms with Gasteiger partial charge in [-0.1, -0.05) is 30.3 Å². The summed E-state index contributed by atoms with van der Waals surface area (Å²) in [6.45, 7) is 0. The van der Waals surface area contributed by atoms with Crippen LogP contribution in [0.1, 0.15) is 5.69 Å². The molecule has 4 rings (SSSR count). The molecule has 0 fully saturated rings. The number of nitriles is 1. The van der Waals surface area contributed by atoms with Gasteiger partial charge in [0.15, 0.2) is 11.6 Å². The first-order valence-corrected chi connectivity index (χ1v) is 8.91. The molecule has 0 saturated carbocycles. The van der Waals surface area contributed by atoms with Crippen molar-refractivity contribution in [2.24, 2.45) is 0 Å². The van der Waals surface area contributed by atoms with Gasteiger partial charge >= 0.3 is 0 Å². The van der Waals surface area contributed by atoms with Gasteiger partial charge in [0.05, 0.1) is 5.69 Å². The van der Waals surface area contributed by atoms with Gasteiger partial charge in [0.25, 0.3) is 0 Å². The van der Waals surface area contributed by atoms with E-state index in [4.69, 9.17) is 15.7 Å². The summed E-state index contributed by atoms with van der Waals surface area (Å²) >= 11 is 0. The van der Waals surface area contributed by atoms with Gasteiger partial charge in [-0.3, -0.25) is 0 Å². The Bertz CT molecular complexity index is 1240. The highest BCUT2D eigenvalue weighted by Gasteiger charge is 2.09. The van der Waals surface area contributed by atoms with Gasteiger partial charge in [-0.15, -0.1) is 0 Å². The molecule has 7 nitrogen and oxygen atoms in total. The third-order valence-corrected chi connectivity index (χ3v) is 4.09.